The zero-order valence-corrected chi connectivity index (χ0v) is 27.9. The van der Waals surface area contributed by atoms with E-state index in [4.69, 9.17) is 0 Å². The summed E-state index contributed by atoms with van der Waals surface area (Å²) in [6.45, 7) is 9.07. The first-order valence-corrected chi connectivity index (χ1v) is 15.3. The summed E-state index contributed by atoms with van der Waals surface area (Å²) in [5.41, 5.74) is 14.3. The molecule has 0 spiro atoms. The van der Waals surface area contributed by atoms with Gasteiger partial charge in [0.2, 0.25) is 0 Å². The van der Waals surface area contributed by atoms with E-state index in [1.165, 1.54) is 101 Å². The van der Waals surface area contributed by atoms with Crippen LogP contribution in [-0.4, -0.2) is 0 Å². The molecule has 0 unspecified atom stereocenters. The molecule has 4 aromatic rings. The van der Waals surface area contributed by atoms with Crippen molar-refractivity contribution in [1.29, 1.82) is 0 Å². The summed E-state index contributed by atoms with van der Waals surface area (Å²) < 4.78 is 0. The Hall–Kier alpha value is -2.60. The predicted octanol–water partition coefficient (Wildman–Crippen LogP) is 12.2. The molecule has 1 heteroatoms. The van der Waals surface area contributed by atoms with E-state index in [-0.39, 0.29) is 37.3 Å². The van der Waals surface area contributed by atoms with Crippen molar-refractivity contribution in [3.05, 3.63) is 133 Å². The Bertz CT molecular complexity index is 1430. The quantitative estimate of drug-likeness (QED) is 0.163. The molecule has 0 radical (unpaired) electrons. The molecule has 7 rings (SSSR count). The van der Waals surface area contributed by atoms with Crippen LogP contribution in [0.4, 0.5) is 0 Å². The van der Waals surface area contributed by atoms with Crippen LogP contribution in [0.2, 0.25) is 0 Å². The van der Waals surface area contributed by atoms with Gasteiger partial charge < -0.3 is 14.9 Å². The normalized spacial score (nSPS) is 16.7. The number of hydrogen-bond acceptors (Lipinski definition) is 0. The minimum absolute atomic E-state index is 0. The fourth-order valence-electron chi connectivity index (χ4n) is 7.34. The molecule has 42 heavy (non-hydrogen) atoms. The number of aryl methyl sites for hydroxylation is 2. The van der Waals surface area contributed by atoms with Crippen LogP contribution in [0.1, 0.15) is 110 Å². The summed E-state index contributed by atoms with van der Waals surface area (Å²) >= 11 is 0. The predicted molar refractivity (Wildman–Crippen MR) is 181 cm³/mol. The van der Waals surface area contributed by atoms with Crippen LogP contribution < -0.4 is 0 Å². The van der Waals surface area contributed by atoms with Crippen LogP contribution >= 0.6 is 0 Å². The van der Waals surface area contributed by atoms with Gasteiger partial charge in [-0.15, -0.1) is 0 Å². The number of fused-ring (bicyclic) bond motifs is 3. The Morgan fingerprint density at radius 1 is 0.500 bits per heavy atom. The smallest absolute Gasteiger partial charge is 0.358 e. The molecule has 3 aliphatic carbocycles. The first-order chi connectivity index (χ1) is 18.9. The molecular weight excluding hydrogens is 548 g/mol. The van der Waals surface area contributed by atoms with Crippen LogP contribution in [0.5, 0.6) is 0 Å². The first kappa shape index (κ1) is 33.9. The van der Waals surface area contributed by atoms with Crippen molar-refractivity contribution in [2.45, 2.75) is 96.3 Å². The molecule has 0 saturated heterocycles. The number of hydrogen-bond donors (Lipinski definition) is 0. The summed E-state index contributed by atoms with van der Waals surface area (Å²) in [4.78, 5) is 0. The summed E-state index contributed by atoms with van der Waals surface area (Å²) in [6, 6.07) is 32.4. The van der Waals surface area contributed by atoms with E-state index in [1.807, 2.05) is 0 Å². The molecule has 0 N–H and O–H groups in total. The van der Waals surface area contributed by atoms with Gasteiger partial charge in [-0.05, 0) is 102 Å². The van der Waals surface area contributed by atoms with Gasteiger partial charge in [-0.2, -0.15) is 0 Å². The van der Waals surface area contributed by atoms with E-state index in [0.29, 0.717) is 0 Å². The standard InChI is InChI=1S/C27H28.C12H16.2CH3.Fe/c1-18-8-14-23-24-15-13-22(17-26(24)27(2,3)25(23)16-18)21-11-9-20(10-12-21)19-6-4-5-7-19;1-10-6-8-12(9-7-10)11-4-2-3-5-11;;;/h8-17,19H,4-7H2,1-3H3;6-9,11H,2-5H2,1H3;2*1H3;/q;;2*-1;+2. The molecule has 2 fully saturated rings. The summed E-state index contributed by atoms with van der Waals surface area (Å²) in [6.07, 6.45) is 11.2. The zero-order valence-electron chi connectivity index (χ0n) is 26.7. The maximum absolute atomic E-state index is 2.43. The Morgan fingerprint density at radius 2 is 0.905 bits per heavy atom. The fourth-order valence-corrected chi connectivity index (χ4v) is 7.34. The molecule has 0 heterocycles. The van der Waals surface area contributed by atoms with Gasteiger partial charge in [-0.1, -0.05) is 130 Å². The van der Waals surface area contributed by atoms with Gasteiger partial charge in [-0.3, -0.25) is 0 Å². The minimum atomic E-state index is 0. The topological polar surface area (TPSA) is 0 Å². The molecule has 0 amide bonds. The van der Waals surface area contributed by atoms with Crippen molar-refractivity contribution in [3.63, 3.8) is 0 Å². The van der Waals surface area contributed by atoms with Crippen LogP contribution in [0.15, 0.2) is 84.9 Å². The minimum Gasteiger partial charge on any atom is -0.358 e. The Kier molecular flexibility index (Phi) is 11.5. The Labute approximate surface area is 267 Å². The van der Waals surface area contributed by atoms with Gasteiger partial charge in [0.15, 0.2) is 0 Å². The maximum atomic E-state index is 2.43. The van der Waals surface area contributed by atoms with Crippen LogP contribution in [0.3, 0.4) is 0 Å². The zero-order chi connectivity index (χ0) is 27.0. The SMILES string of the molecule is Cc1ccc(C2CCCC2)cc1.Cc1ccc2c(c1)C(C)(C)c1cc(-c3ccc(C4CCCC4)cc3)ccc1-2.[CH3-].[CH3-].[Fe+2]. The number of benzene rings is 4. The third kappa shape index (κ3) is 6.79. The Balaban J connectivity index is 0.000000275. The van der Waals surface area contributed by atoms with Crippen molar-refractivity contribution >= 4 is 0 Å². The molecule has 0 aliphatic heterocycles. The van der Waals surface area contributed by atoms with Crippen LogP contribution in [0, 0.1) is 28.7 Å². The van der Waals surface area contributed by atoms with Crippen molar-refractivity contribution in [1.82, 2.24) is 0 Å². The maximum Gasteiger partial charge on any atom is 2.00 e. The van der Waals surface area contributed by atoms with Gasteiger partial charge >= 0.3 is 17.1 Å². The molecule has 4 aromatic carbocycles. The molecule has 3 aliphatic rings. The average Bonchev–Trinajstić information content (AvgIpc) is 3.72. The monoisotopic (exact) mass is 598 g/mol. The molecular formula is C41H50Fe. The fraction of sp³-hybridized carbons (Fsp3) is 0.366. The van der Waals surface area contributed by atoms with Crippen LogP contribution in [0.25, 0.3) is 22.3 Å². The van der Waals surface area contributed by atoms with E-state index in [0.717, 1.165) is 11.8 Å². The second kappa shape index (κ2) is 14.2. The Morgan fingerprint density at radius 3 is 1.43 bits per heavy atom. The third-order valence-electron chi connectivity index (χ3n) is 9.81. The van der Waals surface area contributed by atoms with Gasteiger partial charge in [0.05, 0.1) is 0 Å². The molecule has 0 aromatic heterocycles. The van der Waals surface area contributed by atoms with Crippen molar-refractivity contribution < 1.29 is 17.1 Å². The third-order valence-corrected chi connectivity index (χ3v) is 9.81. The van der Waals surface area contributed by atoms with Gasteiger partial charge in [0.1, 0.15) is 0 Å². The second-order valence-corrected chi connectivity index (χ2v) is 12.9. The van der Waals surface area contributed by atoms with Crippen molar-refractivity contribution in [3.8, 4) is 22.3 Å². The van der Waals surface area contributed by atoms with E-state index < -0.39 is 0 Å². The average molecular weight is 599 g/mol. The molecule has 0 nitrogen and oxygen atoms in total. The summed E-state index contributed by atoms with van der Waals surface area (Å²) in [7, 11) is 0. The van der Waals surface area contributed by atoms with E-state index in [9.17, 15) is 0 Å². The van der Waals surface area contributed by atoms with Gasteiger partial charge in [0, 0.05) is 5.41 Å². The van der Waals surface area contributed by atoms with Gasteiger partial charge in [-0.25, -0.2) is 0 Å². The van der Waals surface area contributed by atoms with Crippen molar-refractivity contribution in [2.24, 2.45) is 0 Å². The van der Waals surface area contributed by atoms with Crippen molar-refractivity contribution in [2.75, 3.05) is 0 Å². The van der Waals surface area contributed by atoms with E-state index in [1.54, 1.807) is 5.56 Å². The van der Waals surface area contributed by atoms with Gasteiger partial charge in [0.25, 0.3) is 0 Å². The second-order valence-electron chi connectivity index (χ2n) is 12.9. The van der Waals surface area contributed by atoms with E-state index in [2.05, 4.69) is 113 Å². The van der Waals surface area contributed by atoms with E-state index >= 15 is 0 Å². The summed E-state index contributed by atoms with van der Waals surface area (Å²) in [5.74, 6) is 1.65. The van der Waals surface area contributed by atoms with Crippen LogP contribution in [-0.2, 0) is 22.5 Å². The molecule has 2 saturated carbocycles. The largest absolute Gasteiger partial charge is 2.00 e. The first-order valence-electron chi connectivity index (χ1n) is 15.3. The summed E-state index contributed by atoms with van der Waals surface area (Å²) in [5, 5.41) is 0. The molecule has 0 atom stereocenters. The molecule has 0 bridgehead atoms. The number of rotatable bonds is 3. The molecule has 222 valence electrons.